The highest BCUT2D eigenvalue weighted by atomic mass is 16.5. The van der Waals surface area contributed by atoms with Crippen molar-refractivity contribution >= 4 is 5.84 Å². The Hall–Kier alpha value is -1.35. The molecule has 18 heavy (non-hydrogen) atoms. The van der Waals surface area contributed by atoms with Gasteiger partial charge in [0.1, 0.15) is 5.84 Å². The average molecular weight is 246 g/mol. The molecule has 0 radical (unpaired) electrons. The van der Waals surface area contributed by atoms with Crippen molar-refractivity contribution in [1.29, 1.82) is 0 Å². The summed E-state index contributed by atoms with van der Waals surface area (Å²) in [5.74, 6) is 1.02. The molecule has 0 bridgehead atoms. The van der Waals surface area contributed by atoms with Crippen LogP contribution in [0, 0.1) is 0 Å². The number of benzene rings is 1. The maximum atomic E-state index is 5.53. The van der Waals surface area contributed by atoms with Gasteiger partial charge in [-0.05, 0) is 32.3 Å². The van der Waals surface area contributed by atoms with Crippen LogP contribution in [-0.4, -0.2) is 31.6 Å². The second-order valence-corrected chi connectivity index (χ2v) is 4.64. The summed E-state index contributed by atoms with van der Waals surface area (Å²) < 4.78 is 5.53. The molecular weight excluding hydrogens is 224 g/mol. The van der Waals surface area contributed by atoms with E-state index in [1.54, 1.807) is 0 Å². The molecular formula is C15H22N2O. The molecule has 3 nitrogen and oxygen atoms in total. The summed E-state index contributed by atoms with van der Waals surface area (Å²) in [4.78, 5) is 4.65. The van der Waals surface area contributed by atoms with E-state index < -0.39 is 0 Å². The van der Waals surface area contributed by atoms with Crippen LogP contribution in [0.3, 0.4) is 0 Å². The van der Waals surface area contributed by atoms with Crippen LogP contribution in [0.4, 0.5) is 0 Å². The van der Waals surface area contributed by atoms with Gasteiger partial charge in [-0.3, -0.25) is 4.99 Å². The molecule has 1 aliphatic rings. The van der Waals surface area contributed by atoms with Crippen LogP contribution in [0.2, 0.25) is 0 Å². The van der Waals surface area contributed by atoms with Crippen molar-refractivity contribution in [3.05, 3.63) is 35.4 Å². The number of ether oxygens (including phenoxy) is 1. The summed E-state index contributed by atoms with van der Waals surface area (Å²) in [6.45, 7) is 6.57. The molecule has 1 N–H and O–H groups in total. The van der Waals surface area contributed by atoms with Crippen molar-refractivity contribution in [1.82, 2.24) is 5.32 Å². The summed E-state index contributed by atoms with van der Waals surface area (Å²) >= 11 is 0. The molecule has 1 unspecified atom stereocenters. The Labute approximate surface area is 109 Å². The van der Waals surface area contributed by atoms with Gasteiger partial charge in [-0.15, -0.1) is 0 Å². The van der Waals surface area contributed by atoms with Crippen molar-refractivity contribution < 1.29 is 4.74 Å². The van der Waals surface area contributed by atoms with E-state index in [9.17, 15) is 0 Å². The van der Waals surface area contributed by atoms with Gasteiger partial charge >= 0.3 is 0 Å². The van der Waals surface area contributed by atoms with Crippen molar-refractivity contribution in [2.75, 3.05) is 19.7 Å². The van der Waals surface area contributed by atoms with Gasteiger partial charge in [0.2, 0.25) is 0 Å². The van der Waals surface area contributed by atoms with Crippen LogP contribution in [0.1, 0.15) is 31.4 Å². The Balaban J connectivity index is 2.06. The van der Waals surface area contributed by atoms with Crippen LogP contribution < -0.4 is 5.32 Å². The lowest BCUT2D eigenvalue weighted by atomic mass is 10.0. The van der Waals surface area contributed by atoms with E-state index in [-0.39, 0.29) is 6.10 Å². The van der Waals surface area contributed by atoms with Gasteiger partial charge in [-0.25, -0.2) is 0 Å². The van der Waals surface area contributed by atoms with Gasteiger partial charge in [0.05, 0.1) is 6.10 Å². The van der Waals surface area contributed by atoms with Gasteiger partial charge in [0.15, 0.2) is 0 Å². The van der Waals surface area contributed by atoms with Crippen LogP contribution in [0.25, 0.3) is 0 Å². The van der Waals surface area contributed by atoms with Gasteiger partial charge in [0, 0.05) is 25.3 Å². The number of nitrogens with one attached hydrogen (secondary N) is 1. The first-order chi connectivity index (χ1) is 8.81. The quantitative estimate of drug-likeness (QED) is 0.885. The molecule has 0 fully saturated rings. The summed E-state index contributed by atoms with van der Waals surface area (Å²) in [7, 11) is 0. The van der Waals surface area contributed by atoms with Gasteiger partial charge in [0.25, 0.3) is 0 Å². The van der Waals surface area contributed by atoms with Crippen molar-refractivity contribution in [3.63, 3.8) is 0 Å². The monoisotopic (exact) mass is 246 g/mol. The highest BCUT2D eigenvalue weighted by Crippen LogP contribution is 2.15. The van der Waals surface area contributed by atoms with E-state index in [1.165, 1.54) is 11.1 Å². The fourth-order valence-corrected chi connectivity index (χ4v) is 2.25. The van der Waals surface area contributed by atoms with E-state index in [0.717, 1.165) is 38.4 Å². The Kier molecular flexibility index (Phi) is 4.76. The molecule has 0 amide bonds. The van der Waals surface area contributed by atoms with E-state index in [4.69, 9.17) is 4.74 Å². The van der Waals surface area contributed by atoms with E-state index in [0.29, 0.717) is 0 Å². The topological polar surface area (TPSA) is 33.6 Å². The van der Waals surface area contributed by atoms with E-state index >= 15 is 0 Å². The molecule has 1 heterocycles. The molecule has 0 saturated heterocycles. The summed E-state index contributed by atoms with van der Waals surface area (Å²) in [6, 6.07) is 8.53. The lowest BCUT2D eigenvalue weighted by molar-refractivity contribution is 0.0795. The van der Waals surface area contributed by atoms with Crippen LogP contribution in [0.15, 0.2) is 29.3 Å². The minimum Gasteiger partial charge on any atom is -0.377 e. The molecule has 98 valence electrons. The molecule has 1 aliphatic heterocycles. The zero-order valence-corrected chi connectivity index (χ0v) is 11.3. The molecule has 2 rings (SSSR count). The summed E-state index contributed by atoms with van der Waals surface area (Å²) in [6.07, 6.45) is 2.46. The number of aliphatic imine (C=N–C) groups is 1. The Bertz CT molecular complexity index is 415. The fraction of sp³-hybridized carbons (Fsp3) is 0.533. The molecule has 0 spiro atoms. The number of nitrogens with zero attached hydrogens (tertiary/aromatic N) is 1. The first-order valence-corrected chi connectivity index (χ1v) is 6.79. The highest BCUT2D eigenvalue weighted by Gasteiger charge is 2.12. The minimum absolute atomic E-state index is 0.216. The molecule has 0 saturated carbocycles. The maximum absolute atomic E-state index is 5.53. The lowest BCUT2D eigenvalue weighted by Gasteiger charge is -2.16. The summed E-state index contributed by atoms with van der Waals surface area (Å²) in [5, 5.41) is 3.43. The number of fused-ring (bicyclic) bond motifs is 1. The predicted molar refractivity (Wildman–Crippen MR) is 75.3 cm³/mol. The number of amidine groups is 1. The Morgan fingerprint density at radius 2 is 2.22 bits per heavy atom. The Morgan fingerprint density at radius 1 is 1.39 bits per heavy atom. The first kappa shape index (κ1) is 13.1. The number of aryl methyl sites for hydroxylation is 1. The molecule has 1 aromatic carbocycles. The molecule has 1 aromatic rings. The lowest BCUT2D eigenvalue weighted by Crippen LogP contribution is -2.33. The third-order valence-electron chi connectivity index (χ3n) is 3.15. The second kappa shape index (κ2) is 6.55. The average Bonchev–Trinajstić information content (AvgIpc) is 2.59. The third-order valence-corrected chi connectivity index (χ3v) is 3.15. The van der Waals surface area contributed by atoms with E-state index in [2.05, 4.69) is 41.5 Å². The Morgan fingerprint density at radius 3 is 3.06 bits per heavy atom. The van der Waals surface area contributed by atoms with Crippen LogP contribution >= 0.6 is 0 Å². The van der Waals surface area contributed by atoms with Gasteiger partial charge in [-0.1, -0.05) is 24.3 Å². The van der Waals surface area contributed by atoms with Crippen molar-refractivity contribution in [2.45, 2.75) is 32.8 Å². The number of hydrogen-bond donors (Lipinski definition) is 1. The largest absolute Gasteiger partial charge is 0.377 e. The molecule has 0 aliphatic carbocycles. The molecule has 0 aromatic heterocycles. The van der Waals surface area contributed by atoms with Crippen molar-refractivity contribution in [3.8, 4) is 0 Å². The minimum atomic E-state index is 0.216. The second-order valence-electron chi connectivity index (χ2n) is 4.64. The maximum Gasteiger partial charge on any atom is 0.128 e. The zero-order chi connectivity index (χ0) is 12.8. The summed E-state index contributed by atoms with van der Waals surface area (Å²) in [5.41, 5.74) is 2.64. The standard InChI is InChI=1S/C15H22N2O/c1-3-18-12(2)11-17-15-14-9-5-4-7-13(14)8-6-10-16-15/h4-5,7,9,12H,3,6,8,10-11H2,1-2H3,(H,16,17). The molecule has 3 heteroatoms. The van der Waals surface area contributed by atoms with Crippen LogP contribution in [0.5, 0.6) is 0 Å². The van der Waals surface area contributed by atoms with Crippen molar-refractivity contribution in [2.24, 2.45) is 4.99 Å². The smallest absolute Gasteiger partial charge is 0.128 e. The zero-order valence-electron chi connectivity index (χ0n) is 11.3. The first-order valence-electron chi connectivity index (χ1n) is 6.79. The SMILES string of the molecule is CCOC(C)CNC1=NCCCc2ccccc21. The normalized spacial score (nSPS) is 16.4. The number of rotatable bonds is 4. The highest BCUT2D eigenvalue weighted by molar-refractivity contribution is 6.00. The predicted octanol–water partition coefficient (Wildman–Crippen LogP) is 2.39. The van der Waals surface area contributed by atoms with Crippen LogP contribution in [-0.2, 0) is 11.2 Å². The van der Waals surface area contributed by atoms with Gasteiger partial charge in [-0.2, -0.15) is 0 Å². The molecule has 1 atom stereocenters. The fourth-order valence-electron chi connectivity index (χ4n) is 2.25. The van der Waals surface area contributed by atoms with Gasteiger partial charge < -0.3 is 10.1 Å². The number of hydrogen-bond acceptors (Lipinski definition) is 3. The van der Waals surface area contributed by atoms with E-state index in [1.807, 2.05) is 6.92 Å². The third kappa shape index (κ3) is 3.33.